The van der Waals surface area contributed by atoms with E-state index in [0.717, 1.165) is 17.5 Å². The van der Waals surface area contributed by atoms with Crippen LogP contribution >= 0.6 is 11.6 Å². The largest absolute Gasteiger partial charge is 0.493 e. The zero-order valence-electron chi connectivity index (χ0n) is 19.8. The topological polar surface area (TPSA) is 75.3 Å². The molecular weight excluding hydrogens is 446 g/mol. The fraction of sp³-hybridized carbons (Fsp3) is 0.400. The van der Waals surface area contributed by atoms with Crippen molar-refractivity contribution in [3.05, 3.63) is 52.6 Å². The van der Waals surface area contributed by atoms with Gasteiger partial charge in [-0.3, -0.25) is 4.79 Å². The van der Waals surface area contributed by atoms with E-state index < -0.39 is 0 Å². The Morgan fingerprint density at radius 3 is 2.42 bits per heavy atom. The van der Waals surface area contributed by atoms with Gasteiger partial charge in [-0.25, -0.2) is 0 Å². The van der Waals surface area contributed by atoms with Crippen molar-refractivity contribution in [3.63, 3.8) is 0 Å². The predicted molar refractivity (Wildman–Crippen MR) is 130 cm³/mol. The Kier molecular flexibility index (Phi) is 10.9. The first kappa shape index (κ1) is 26.4. The highest BCUT2D eigenvalue weighted by Crippen LogP contribution is 2.37. The van der Waals surface area contributed by atoms with Crippen LogP contribution in [0.25, 0.3) is 6.08 Å². The van der Waals surface area contributed by atoms with Crippen LogP contribution < -0.4 is 24.3 Å². The lowest BCUT2D eigenvalue weighted by atomic mass is 10.1. The highest BCUT2D eigenvalue weighted by Gasteiger charge is 2.13. The number of benzene rings is 2. The molecule has 0 spiro atoms. The summed E-state index contributed by atoms with van der Waals surface area (Å²) in [6, 6.07) is 8.81. The van der Waals surface area contributed by atoms with E-state index >= 15 is 0 Å². The molecule has 0 saturated heterocycles. The van der Waals surface area contributed by atoms with Gasteiger partial charge in [0, 0.05) is 13.2 Å². The van der Waals surface area contributed by atoms with E-state index in [4.69, 9.17) is 35.3 Å². The summed E-state index contributed by atoms with van der Waals surface area (Å²) in [5, 5.41) is 3.37. The fourth-order valence-electron chi connectivity index (χ4n) is 3.00. The second-order valence-corrected chi connectivity index (χ2v) is 7.60. The Bertz CT molecular complexity index is 947. The number of amides is 1. The van der Waals surface area contributed by atoms with Crippen molar-refractivity contribution < 1.29 is 28.5 Å². The molecule has 0 bridgehead atoms. The lowest BCUT2D eigenvalue weighted by molar-refractivity contribution is -0.117. The average molecular weight is 478 g/mol. The highest BCUT2D eigenvalue weighted by molar-refractivity contribution is 6.32. The van der Waals surface area contributed by atoms with Crippen LogP contribution in [-0.4, -0.2) is 47.1 Å². The van der Waals surface area contributed by atoms with Gasteiger partial charge in [-0.05, 0) is 54.8 Å². The number of rotatable bonds is 13. The van der Waals surface area contributed by atoms with Gasteiger partial charge >= 0.3 is 0 Å². The molecule has 2 aromatic rings. The van der Waals surface area contributed by atoms with Crippen molar-refractivity contribution >= 4 is 23.6 Å². The highest BCUT2D eigenvalue weighted by atomic mass is 35.5. The summed E-state index contributed by atoms with van der Waals surface area (Å²) in [4.78, 5) is 12.5. The number of carbonyl (C=O) groups is 1. The lowest BCUT2D eigenvalue weighted by Gasteiger charge is -2.16. The molecule has 0 radical (unpaired) electrons. The molecule has 1 unspecified atom stereocenters. The van der Waals surface area contributed by atoms with Crippen molar-refractivity contribution in [1.29, 1.82) is 0 Å². The minimum Gasteiger partial charge on any atom is -0.493 e. The summed E-state index contributed by atoms with van der Waals surface area (Å²) in [6.07, 6.45) is 3.98. The molecular formula is C25H32ClNO6. The van der Waals surface area contributed by atoms with Gasteiger partial charge in [0.2, 0.25) is 5.91 Å². The Morgan fingerprint density at radius 1 is 1.00 bits per heavy atom. The number of nitrogens with one attached hydrogen (secondary N) is 1. The third-order valence-corrected chi connectivity index (χ3v) is 5.00. The number of hydrogen-bond acceptors (Lipinski definition) is 6. The van der Waals surface area contributed by atoms with Crippen molar-refractivity contribution in [3.8, 4) is 23.0 Å². The molecule has 7 nitrogen and oxygen atoms in total. The quantitative estimate of drug-likeness (QED) is 0.321. The zero-order valence-corrected chi connectivity index (χ0v) is 20.5. The van der Waals surface area contributed by atoms with Crippen molar-refractivity contribution in [2.45, 2.75) is 26.3 Å². The van der Waals surface area contributed by atoms with E-state index in [0.29, 0.717) is 47.8 Å². The number of ether oxygens (including phenoxy) is 5. The van der Waals surface area contributed by atoms with E-state index in [-0.39, 0.29) is 11.9 Å². The van der Waals surface area contributed by atoms with Crippen LogP contribution in [0.4, 0.5) is 0 Å². The Labute approximate surface area is 200 Å². The summed E-state index contributed by atoms with van der Waals surface area (Å²) >= 11 is 6.34. The molecule has 0 aliphatic rings. The standard InChI is InChI=1S/C25H32ClNO6/c1-6-11-33-25-20(26)14-18(15-23(25)31-5)7-10-24(28)27-17(2)19-8-9-21(22(16-19)30-4)32-13-12-29-3/h7-10,14-17H,6,11-13H2,1-5H3,(H,27,28)/b10-7+. The summed E-state index contributed by atoms with van der Waals surface area (Å²) in [7, 11) is 4.74. The summed E-state index contributed by atoms with van der Waals surface area (Å²) in [6.45, 7) is 5.35. The maximum absolute atomic E-state index is 12.5. The average Bonchev–Trinajstić information content (AvgIpc) is 2.81. The third-order valence-electron chi connectivity index (χ3n) is 4.72. The van der Waals surface area contributed by atoms with Crippen LogP contribution in [0, 0.1) is 0 Å². The molecule has 8 heteroatoms. The molecule has 2 aromatic carbocycles. The Balaban J connectivity index is 2.06. The third kappa shape index (κ3) is 7.87. The van der Waals surface area contributed by atoms with Gasteiger partial charge in [0.05, 0.1) is 38.5 Å². The molecule has 33 heavy (non-hydrogen) atoms. The van der Waals surface area contributed by atoms with Gasteiger partial charge < -0.3 is 29.0 Å². The van der Waals surface area contributed by atoms with Crippen LogP contribution in [-0.2, 0) is 9.53 Å². The number of hydrogen-bond donors (Lipinski definition) is 1. The van der Waals surface area contributed by atoms with Crippen LogP contribution in [0.3, 0.4) is 0 Å². The number of methoxy groups -OCH3 is 3. The smallest absolute Gasteiger partial charge is 0.244 e. The monoisotopic (exact) mass is 477 g/mol. The number of carbonyl (C=O) groups excluding carboxylic acids is 1. The second-order valence-electron chi connectivity index (χ2n) is 7.20. The molecule has 0 saturated carbocycles. The van der Waals surface area contributed by atoms with Crippen molar-refractivity contribution in [2.24, 2.45) is 0 Å². The minimum atomic E-state index is -0.247. The maximum atomic E-state index is 12.5. The van der Waals surface area contributed by atoms with E-state index in [1.165, 1.54) is 6.08 Å². The molecule has 0 heterocycles. The SMILES string of the molecule is CCCOc1c(Cl)cc(/C=C/C(=O)NC(C)c2ccc(OCCOC)c(OC)c2)cc1OC. The molecule has 0 fully saturated rings. The van der Waals surface area contributed by atoms with Gasteiger partial charge in [0.1, 0.15) is 6.61 Å². The molecule has 1 atom stereocenters. The van der Waals surface area contributed by atoms with Crippen molar-refractivity contribution in [2.75, 3.05) is 41.2 Å². The first-order valence-electron chi connectivity index (χ1n) is 10.7. The first-order chi connectivity index (χ1) is 15.9. The lowest BCUT2D eigenvalue weighted by Crippen LogP contribution is -2.24. The van der Waals surface area contributed by atoms with E-state index in [1.54, 1.807) is 39.5 Å². The van der Waals surface area contributed by atoms with Crippen LogP contribution in [0.5, 0.6) is 23.0 Å². The molecule has 180 valence electrons. The van der Waals surface area contributed by atoms with Crippen molar-refractivity contribution in [1.82, 2.24) is 5.32 Å². The van der Waals surface area contributed by atoms with Crippen LogP contribution in [0.1, 0.15) is 37.4 Å². The van der Waals surface area contributed by atoms with Gasteiger partial charge in [0.25, 0.3) is 0 Å². The molecule has 1 N–H and O–H groups in total. The van der Waals surface area contributed by atoms with E-state index in [9.17, 15) is 4.79 Å². The van der Waals surface area contributed by atoms with E-state index in [1.807, 2.05) is 32.0 Å². The van der Waals surface area contributed by atoms with Gasteiger partial charge in [-0.1, -0.05) is 24.6 Å². The molecule has 2 rings (SSSR count). The van der Waals surface area contributed by atoms with Crippen LogP contribution in [0.15, 0.2) is 36.4 Å². The Hall–Kier alpha value is -2.90. The second kappa shape index (κ2) is 13.6. The fourth-order valence-corrected chi connectivity index (χ4v) is 3.28. The maximum Gasteiger partial charge on any atom is 0.244 e. The molecule has 0 aliphatic heterocycles. The molecule has 0 aliphatic carbocycles. The Morgan fingerprint density at radius 2 is 1.76 bits per heavy atom. The zero-order chi connectivity index (χ0) is 24.2. The predicted octanol–water partition coefficient (Wildman–Crippen LogP) is 5.06. The first-order valence-corrected chi connectivity index (χ1v) is 11.1. The van der Waals surface area contributed by atoms with Gasteiger partial charge in [-0.2, -0.15) is 0 Å². The van der Waals surface area contributed by atoms with Gasteiger partial charge in [0.15, 0.2) is 23.0 Å². The van der Waals surface area contributed by atoms with E-state index in [2.05, 4.69) is 5.32 Å². The summed E-state index contributed by atoms with van der Waals surface area (Å²) in [5.41, 5.74) is 1.61. The van der Waals surface area contributed by atoms with Crippen LogP contribution in [0.2, 0.25) is 5.02 Å². The minimum absolute atomic E-state index is 0.244. The van der Waals surface area contributed by atoms with Gasteiger partial charge in [-0.15, -0.1) is 0 Å². The molecule has 1 amide bonds. The summed E-state index contributed by atoms with van der Waals surface area (Å²) in [5.74, 6) is 1.98. The summed E-state index contributed by atoms with van der Waals surface area (Å²) < 4.78 is 27.1. The molecule has 0 aromatic heterocycles. The normalized spacial score (nSPS) is 11.8. The number of halogens is 1.